The summed E-state index contributed by atoms with van der Waals surface area (Å²) in [7, 11) is 1.64. The molecule has 1 aliphatic heterocycles. The van der Waals surface area contributed by atoms with Crippen LogP contribution in [0.4, 0.5) is 5.69 Å². The molecule has 0 spiro atoms. The van der Waals surface area contributed by atoms with Gasteiger partial charge in [-0.05, 0) is 31.9 Å². The van der Waals surface area contributed by atoms with Crippen molar-refractivity contribution in [1.29, 1.82) is 0 Å². The zero-order chi connectivity index (χ0) is 11.5. The van der Waals surface area contributed by atoms with Gasteiger partial charge in [-0.3, -0.25) is 0 Å². The van der Waals surface area contributed by atoms with E-state index in [0.29, 0.717) is 11.9 Å². The van der Waals surface area contributed by atoms with Gasteiger partial charge in [0.05, 0.1) is 24.9 Å². The molecule has 0 saturated carbocycles. The summed E-state index contributed by atoms with van der Waals surface area (Å²) in [5.74, 6) is 0.643. The maximum absolute atomic E-state index is 5.52. The zero-order valence-electron chi connectivity index (χ0n) is 9.99. The summed E-state index contributed by atoms with van der Waals surface area (Å²) in [4.78, 5) is 4.24. The third kappa shape index (κ3) is 2.27. The molecular formula is C12H18N2O2. The Kier molecular flexibility index (Phi) is 3.29. The smallest absolute Gasteiger partial charge is 0.237 e. The van der Waals surface area contributed by atoms with Crippen molar-refractivity contribution in [3.63, 3.8) is 0 Å². The molecular weight excluding hydrogens is 204 g/mol. The molecule has 2 atom stereocenters. The fourth-order valence-electron chi connectivity index (χ4n) is 1.94. The first-order valence-corrected chi connectivity index (χ1v) is 5.59. The van der Waals surface area contributed by atoms with Crippen LogP contribution < -0.4 is 10.1 Å². The molecule has 88 valence electrons. The molecule has 0 radical (unpaired) electrons. The number of hydrogen-bond donors (Lipinski definition) is 1. The van der Waals surface area contributed by atoms with E-state index in [0.717, 1.165) is 24.3 Å². The second-order valence-electron chi connectivity index (χ2n) is 4.18. The van der Waals surface area contributed by atoms with Gasteiger partial charge in [0.25, 0.3) is 0 Å². The van der Waals surface area contributed by atoms with Gasteiger partial charge in [0, 0.05) is 12.8 Å². The third-order valence-corrected chi connectivity index (χ3v) is 2.90. The van der Waals surface area contributed by atoms with Gasteiger partial charge in [0.15, 0.2) is 0 Å². The van der Waals surface area contributed by atoms with Crippen LogP contribution in [0.15, 0.2) is 12.3 Å². The van der Waals surface area contributed by atoms with Crippen molar-refractivity contribution < 1.29 is 9.47 Å². The number of methoxy groups -OCH3 is 1. The largest absolute Gasteiger partial charge is 0.480 e. The first-order valence-electron chi connectivity index (χ1n) is 5.59. The van der Waals surface area contributed by atoms with Crippen LogP contribution in [0, 0.1) is 6.92 Å². The minimum Gasteiger partial charge on any atom is -0.480 e. The summed E-state index contributed by atoms with van der Waals surface area (Å²) in [6, 6.07) is 2.40. The van der Waals surface area contributed by atoms with E-state index in [2.05, 4.69) is 23.3 Å². The number of ether oxygens (including phenoxy) is 2. The number of aromatic nitrogens is 1. The summed E-state index contributed by atoms with van der Waals surface area (Å²) in [5, 5.41) is 3.44. The number of nitrogens with one attached hydrogen (secondary N) is 1. The highest BCUT2D eigenvalue weighted by Crippen LogP contribution is 2.26. The van der Waals surface area contributed by atoms with Crippen LogP contribution in [-0.4, -0.2) is 30.8 Å². The first kappa shape index (κ1) is 11.2. The highest BCUT2D eigenvalue weighted by molar-refractivity contribution is 5.54. The van der Waals surface area contributed by atoms with Crippen molar-refractivity contribution in [3.8, 4) is 5.88 Å². The van der Waals surface area contributed by atoms with Crippen molar-refractivity contribution >= 4 is 5.69 Å². The number of anilines is 1. The lowest BCUT2D eigenvalue weighted by Crippen LogP contribution is -2.27. The molecule has 1 fully saturated rings. The van der Waals surface area contributed by atoms with Gasteiger partial charge in [-0.2, -0.15) is 0 Å². The number of rotatable bonds is 3. The summed E-state index contributed by atoms with van der Waals surface area (Å²) in [6.45, 7) is 4.92. The van der Waals surface area contributed by atoms with Crippen LogP contribution in [-0.2, 0) is 4.74 Å². The highest BCUT2D eigenvalue weighted by atomic mass is 16.5. The number of nitrogens with zero attached hydrogens (tertiary/aromatic N) is 1. The number of aryl methyl sites for hydroxylation is 1. The van der Waals surface area contributed by atoms with Gasteiger partial charge < -0.3 is 14.8 Å². The second-order valence-corrected chi connectivity index (χ2v) is 4.18. The van der Waals surface area contributed by atoms with E-state index in [1.165, 1.54) is 0 Å². The van der Waals surface area contributed by atoms with Gasteiger partial charge in [-0.1, -0.05) is 0 Å². The molecule has 0 aromatic carbocycles. The van der Waals surface area contributed by atoms with E-state index in [1.807, 2.05) is 6.92 Å². The summed E-state index contributed by atoms with van der Waals surface area (Å²) in [6.07, 6.45) is 3.07. The minimum atomic E-state index is 0.241. The molecule has 4 nitrogen and oxygen atoms in total. The summed E-state index contributed by atoms with van der Waals surface area (Å²) >= 11 is 0. The SMILES string of the molecule is COc1ncc(C)cc1NC1CCOC1C. The molecule has 1 N–H and O–H groups in total. The van der Waals surface area contributed by atoms with E-state index in [-0.39, 0.29) is 6.10 Å². The Morgan fingerprint density at radius 2 is 2.38 bits per heavy atom. The fraction of sp³-hybridized carbons (Fsp3) is 0.583. The van der Waals surface area contributed by atoms with Gasteiger partial charge in [0.2, 0.25) is 5.88 Å². The van der Waals surface area contributed by atoms with Crippen LogP contribution >= 0.6 is 0 Å². The van der Waals surface area contributed by atoms with Crippen molar-refractivity contribution in [2.45, 2.75) is 32.4 Å². The summed E-state index contributed by atoms with van der Waals surface area (Å²) in [5.41, 5.74) is 2.07. The number of pyridine rings is 1. The molecule has 2 unspecified atom stereocenters. The van der Waals surface area contributed by atoms with Crippen LogP contribution in [0.2, 0.25) is 0 Å². The third-order valence-electron chi connectivity index (χ3n) is 2.90. The Bertz CT molecular complexity index is 368. The van der Waals surface area contributed by atoms with Crippen molar-refractivity contribution in [3.05, 3.63) is 17.8 Å². The molecule has 0 aliphatic carbocycles. The molecule has 1 aromatic heterocycles. The Morgan fingerprint density at radius 3 is 3.00 bits per heavy atom. The standard InChI is InChI=1S/C12H18N2O2/c1-8-6-11(12(15-3)13-7-8)14-10-4-5-16-9(10)2/h6-7,9-10,14H,4-5H2,1-3H3. The zero-order valence-corrected chi connectivity index (χ0v) is 9.99. The van der Waals surface area contributed by atoms with Crippen molar-refractivity contribution in [1.82, 2.24) is 4.98 Å². The van der Waals surface area contributed by atoms with Gasteiger partial charge in [-0.25, -0.2) is 4.98 Å². The van der Waals surface area contributed by atoms with E-state index in [4.69, 9.17) is 9.47 Å². The van der Waals surface area contributed by atoms with Gasteiger partial charge in [0.1, 0.15) is 0 Å². The van der Waals surface area contributed by atoms with E-state index < -0.39 is 0 Å². The molecule has 4 heteroatoms. The topological polar surface area (TPSA) is 43.4 Å². The van der Waals surface area contributed by atoms with E-state index in [9.17, 15) is 0 Å². The lowest BCUT2D eigenvalue weighted by Gasteiger charge is -2.18. The Balaban J connectivity index is 2.16. The van der Waals surface area contributed by atoms with Crippen LogP contribution in [0.1, 0.15) is 18.9 Å². The summed E-state index contributed by atoms with van der Waals surface area (Å²) < 4.78 is 10.7. The second kappa shape index (κ2) is 4.70. The maximum atomic E-state index is 5.52. The molecule has 1 saturated heterocycles. The van der Waals surface area contributed by atoms with E-state index in [1.54, 1.807) is 13.3 Å². The highest BCUT2D eigenvalue weighted by Gasteiger charge is 2.24. The quantitative estimate of drug-likeness (QED) is 0.849. The van der Waals surface area contributed by atoms with Crippen molar-refractivity contribution in [2.75, 3.05) is 19.0 Å². The first-order chi connectivity index (χ1) is 7.70. The molecule has 0 bridgehead atoms. The average Bonchev–Trinajstić information content (AvgIpc) is 2.65. The molecule has 2 heterocycles. The van der Waals surface area contributed by atoms with Crippen LogP contribution in [0.3, 0.4) is 0 Å². The van der Waals surface area contributed by atoms with E-state index >= 15 is 0 Å². The average molecular weight is 222 g/mol. The van der Waals surface area contributed by atoms with Crippen LogP contribution in [0.25, 0.3) is 0 Å². The Labute approximate surface area is 96.0 Å². The van der Waals surface area contributed by atoms with Crippen LogP contribution in [0.5, 0.6) is 5.88 Å². The monoisotopic (exact) mass is 222 g/mol. The Morgan fingerprint density at radius 1 is 1.56 bits per heavy atom. The normalized spacial score (nSPS) is 24.4. The van der Waals surface area contributed by atoms with Gasteiger partial charge >= 0.3 is 0 Å². The Hall–Kier alpha value is -1.29. The molecule has 2 rings (SSSR count). The molecule has 16 heavy (non-hydrogen) atoms. The predicted octanol–water partition coefficient (Wildman–Crippen LogP) is 1.99. The fourth-order valence-corrected chi connectivity index (χ4v) is 1.94. The maximum Gasteiger partial charge on any atom is 0.237 e. The molecule has 0 amide bonds. The van der Waals surface area contributed by atoms with Crippen molar-refractivity contribution in [2.24, 2.45) is 0 Å². The van der Waals surface area contributed by atoms with Gasteiger partial charge in [-0.15, -0.1) is 0 Å². The lowest BCUT2D eigenvalue weighted by molar-refractivity contribution is 0.121. The molecule has 1 aliphatic rings. The predicted molar refractivity (Wildman–Crippen MR) is 63.0 cm³/mol. The minimum absolute atomic E-state index is 0.241. The lowest BCUT2D eigenvalue weighted by atomic mass is 10.1. The molecule has 1 aromatic rings. The number of hydrogen-bond acceptors (Lipinski definition) is 4.